The fourth-order valence-electron chi connectivity index (χ4n) is 4.26. The lowest BCUT2D eigenvalue weighted by Gasteiger charge is -2.33. The number of anilines is 2. The van der Waals surface area contributed by atoms with Crippen LogP contribution >= 0.6 is 12.4 Å². The summed E-state index contributed by atoms with van der Waals surface area (Å²) < 4.78 is 74.3. The molecule has 0 bridgehead atoms. The molecule has 1 atom stereocenters. The molecule has 3 heterocycles. The van der Waals surface area contributed by atoms with Gasteiger partial charge in [-0.05, 0) is 61.7 Å². The zero-order valence-corrected chi connectivity index (χ0v) is 22.4. The topological polar surface area (TPSA) is 79.4 Å². The van der Waals surface area contributed by atoms with Crippen LogP contribution in [0.3, 0.4) is 0 Å². The molecule has 2 aromatic heterocycles. The van der Waals surface area contributed by atoms with Crippen molar-refractivity contribution in [1.29, 1.82) is 0 Å². The Balaban J connectivity index is 0.00000441. The minimum Gasteiger partial charge on any atom is -0.475 e. The van der Waals surface area contributed by atoms with Gasteiger partial charge >= 0.3 is 12.1 Å². The predicted octanol–water partition coefficient (Wildman–Crippen LogP) is 6.63. The van der Waals surface area contributed by atoms with Crippen LogP contribution in [0.4, 0.5) is 33.5 Å². The molecular weight excluding hydrogens is 557 g/mol. The van der Waals surface area contributed by atoms with Crippen LogP contribution in [0.2, 0.25) is 0 Å². The maximum absolute atomic E-state index is 14.4. The van der Waals surface area contributed by atoms with Gasteiger partial charge < -0.3 is 15.4 Å². The minimum absolute atomic E-state index is 0. The third-order valence-corrected chi connectivity index (χ3v) is 6.40. The van der Waals surface area contributed by atoms with Crippen LogP contribution in [0, 0.1) is 0 Å². The summed E-state index contributed by atoms with van der Waals surface area (Å²) in [4.78, 5) is 23.1. The molecule has 0 spiro atoms. The molecule has 1 fully saturated rings. The second kappa shape index (κ2) is 13.2. The Bertz CT molecular complexity index is 1270. The van der Waals surface area contributed by atoms with Crippen molar-refractivity contribution >= 4 is 29.8 Å². The summed E-state index contributed by atoms with van der Waals surface area (Å²) in [5.74, 6) is -6.18. The van der Waals surface area contributed by atoms with Crippen molar-refractivity contribution < 1.29 is 31.5 Å². The fraction of sp³-hybridized carbons (Fsp3) is 0.370. The molecule has 1 amide bonds. The number of ether oxygens (including phenoxy) is 1. The minimum atomic E-state index is -5.82. The van der Waals surface area contributed by atoms with E-state index in [2.05, 4.69) is 20.6 Å². The Labute approximate surface area is 234 Å². The van der Waals surface area contributed by atoms with Crippen LogP contribution in [0.5, 0.6) is 5.75 Å². The van der Waals surface area contributed by atoms with E-state index in [4.69, 9.17) is 4.74 Å². The van der Waals surface area contributed by atoms with Crippen molar-refractivity contribution in [2.24, 2.45) is 0 Å². The fourth-order valence-corrected chi connectivity index (χ4v) is 4.26. The number of carbonyl (C=O) groups is 1. The van der Waals surface area contributed by atoms with Gasteiger partial charge in [0.05, 0.1) is 11.1 Å². The standard InChI is InChI=1S/C27H28F5N5O2.ClH/c1-18(37-14-3-2-4-15-37)39-23-16-20(7-8-22(23)26(28,29)27(30,31)32)36-25(38)21-6-5-11-34-24(21)35-17-19-9-12-33-13-10-19;/h5-13,16,18H,2-4,14-15,17H2,1H3,(H,34,35)(H,36,38);1H. The second-order valence-corrected chi connectivity index (χ2v) is 9.16. The van der Waals surface area contributed by atoms with Gasteiger partial charge in [0, 0.05) is 50.0 Å². The number of alkyl halides is 5. The third kappa shape index (κ3) is 7.36. The maximum Gasteiger partial charge on any atom is 0.458 e. The molecule has 0 radical (unpaired) electrons. The average Bonchev–Trinajstić information content (AvgIpc) is 2.92. The summed E-state index contributed by atoms with van der Waals surface area (Å²) in [6, 6.07) is 9.26. The number of likely N-dealkylation sites (tertiary alicyclic amines) is 1. The molecule has 1 aliphatic rings. The number of rotatable bonds is 9. The first-order valence-corrected chi connectivity index (χ1v) is 12.4. The second-order valence-electron chi connectivity index (χ2n) is 9.16. The summed E-state index contributed by atoms with van der Waals surface area (Å²) in [5, 5.41) is 5.62. The lowest BCUT2D eigenvalue weighted by Crippen LogP contribution is -2.41. The van der Waals surface area contributed by atoms with Crippen LogP contribution in [-0.2, 0) is 12.5 Å². The largest absolute Gasteiger partial charge is 0.475 e. The van der Waals surface area contributed by atoms with E-state index in [1.807, 2.05) is 4.90 Å². The Hall–Kier alpha value is -3.51. The molecule has 1 unspecified atom stereocenters. The normalized spacial score (nSPS) is 15.1. The van der Waals surface area contributed by atoms with Crippen molar-refractivity contribution in [2.45, 2.75) is 51.1 Å². The van der Waals surface area contributed by atoms with Crippen LogP contribution in [0.15, 0.2) is 61.1 Å². The summed E-state index contributed by atoms with van der Waals surface area (Å²) in [5.41, 5.74) is -0.280. The number of benzene rings is 1. The number of nitrogens with zero attached hydrogens (tertiary/aromatic N) is 3. The first-order chi connectivity index (χ1) is 18.6. The first-order valence-electron chi connectivity index (χ1n) is 12.4. The Morgan fingerprint density at radius 3 is 2.40 bits per heavy atom. The number of piperidine rings is 1. The van der Waals surface area contributed by atoms with Gasteiger partial charge in [-0.2, -0.15) is 22.0 Å². The van der Waals surface area contributed by atoms with E-state index in [1.165, 1.54) is 12.3 Å². The highest BCUT2D eigenvalue weighted by Crippen LogP contribution is 2.48. The van der Waals surface area contributed by atoms with E-state index >= 15 is 0 Å². The first kappa shape index (κ1) is 31.0. The number of aromatic nitrogens is 2. The molecule has 4 rings (SSSR count). The van der Waals surface area contributed by atoms with E-state index in [0.717, 1.165) is 37.0 Å². The summed E-state index contributed by atoms with van der Waals surface area (Å²) >= 11 is 0. The number of pyridine rings is 2. The van der Waals surface area contributed by atoms with Crippen molar-refractivity contribution in [1.82, 2.24) is 14.9 Å². The van der Waals surface area contributed by atoms with Crippen LogP contribution in [0.1, 0.15) is 47.7 Å². The number of halogens is 6. The summed E-state index contributed by atoms with van der Waals surface area (Å²) in [6.07, 6.45) is 0.928. The highest BCUT2D eigenvalue weighted by molar-refractivity contribution is 6.07. The van der Waals surface area contributed by atoms with Gasteiger partial charge in [-0.25, -0.2) is 4.98 Å². The lowest BCUT2D eigenvalue weighted by molar-refractivity contribution is -0.290. The predicted molar refractivity (Wildman–Crippen MR) is 143 cm³/mol. The van der Waals surface area contributed by atoms with Crippen molar-refractivity contribution in [3.8, 4) is 5.75 Å². The molecule has 13 heteroatoms. The van der Waals surface area contributed by atoms with Gasteiger partial charge in [0.2, 0.25) is 0 Å². The van der Waals surface area contributed by atoms with E-state index in [1.54, 1.807) is 37.5 Å². The molecule has 2 N–H and O–H groups in total. The number of amides is 1. The molecule has 1 aromatic carbocycles. The molecule has 40 heavy (non-hydrogen) atoms. The zero-order chi connectivity index (χ0) is 28.0. The van der Waals surface area contributed by atoms with E-state index in [9.17, 15) is 26.7 Å². The van der Waals surface area contributed by atoms with Crippen LogP contribution in [0.25, 0.3) is 0 Å². The van der Waals surface area contributed by atoms with Crippen molar-refractivity contribution in [3.63, 3.8) is 0 Å². The number of nitrogens with one attached hydrogen (secondary N) is 2. The molecule has 7 nitrogen and oxygen atoms in total. The van der Waals surface area contributed by atoms with Crippen LogP contribution < -0.4 is 15.4 Å². The highest BCUT2D eigenvalue weighted by atomic mass is 35.5. The van der Waals surface area contributed by atoms with Gasteiger partial charge in [-0.1, -0.05) is 6.42 Å². The Morgan fingerprint density at radius 2 is 1.73 bits per heavy atom. The van der Waals surface area contributed by atoms with E-state index < -0.39 is 35.5 Å². The molecule has 3 aromatic rings. The molecular formula is C27H29ClF5N5O2. The quantitative estimate of drug-likeness (QED) is 0.275. The van der Waals surface area contributed by atoms with E-state index in [-0.39, 0.29) is 29.5 Å². The van der Waals surface area contributed by atoms with Gasteiger partial charge in [0.25, 0.3) is 5.91 Å². The Morgan fingerprint density at radius 1 is 1.02 bits per heavy atom. The third-order valence-electron chi connectivity index (χ3n) is 6.40. The number of hydrogen-bond donors (Lipinski definition) is 2. The summed E-state index contributed by atoms with van der Waals surface area (Å²) in [7, 11) is 0. The summed E-state index contributed by atoms with van der Waals surface area (Å²) in [6.45, 7) is 3.23. The monoisotopic (exact) mass is 585 g/mol. The van der Waals surface area contributed by atoms with E-state index in [0.29, 0.717) is 25.7 Å². The van der Waals surface area contributed by atoms with Crippen molar-refractivity contribution in [3.05, 3.63) is 77.7 Å². The average molecular weight is 586 g/mol. The molecule has 0 aliphatic carbocycles. The van der Waals surface area contributed by atoms with Gasteiger partial charge in [-0.15, -0.1) is 12.4 Å². The highest BCUT2D eigenvalue weighted by Gasteiger charge is 2.60. The lowest BCUT2D eigenvalue weighted by atomic mass is 10.1. The molecule has 0 saturated carbocycles. The molecule has 1 aliphatic heterocycles. The zero-order valence-electron chi connectivity index (χ0n) is 21.5. The smallest absolute Gasteiger partial charge is 0.458 e. The van der Waals surface area contributed by atoms with Gasteiger partial charge in [0.1, 0.15) is 17.8 Å². The maximum atomic E-state index is 14.4. The van der Waals surface area contributed by atoms with Crippen molar-refractivity contribution in [2.75, 3.05) is 23.7 Å². The van der Waals surface area contributed by atoms with Crippen LogP contribution in [-0.4, -0.2) is 46.3 Å². The number of carbonyl (C=O) groups excluding carboxylic acids is 1. The van der Waals surface area contributed by atoms with Gasteiger partial charge in [0.15, 0.2) is 0 Å². The SMILES string of the molecule is CC(Oc1cc(NC(=O)c2cccnc2NCc2ccncc2)ccc1C(F)(F)C(F)(F)F)N1CCCCC1.Cl. The molecule has 216 valence electrons. The molecule has 1 saturated heterocycles. The number of hydrogen-bond acceptors (Lipinski definition) is 6. The van der Waals surface area contributed by atoms with Gasteiger partial charge in [-0.3, -0.25) is 14.7 Å². The Kier molecular flexibility index (Phi) is 10.3.